The summed E-state index contributed by atoms with van der Waals surface area (Å²) in [5, 5.41) is 5.41. The average molecular weight is 341 g/mol. The minimum atomic E-state index is -4.56. The summed E-state index contributed by atoms with van der Waals surface area (Å²) >= 11 is 0. The van der Waals surface area contributed by atoms with Crippen LogP contribution in [0, 0.1) is 11.6 Å². The Hall–Kier alpha value is -2.97. The number of alkyl halides is 3. The first kappa shape index (κ1) is 15.9. The number of nitrogens with zero attached hydrogens (tertiary/aromatic N) is 2. The summed E-state index contributed by atoms with van der Waals surface area (Å²) < 4.78 is 69.3. The lowest BCUT2D eigenvalue weighted by Gasteiger charge is -2.06. The standard InChI is InChI=1S/C15H8F5N3O/c16-8-4-5-12(9(17)6-8)24-14-3-1-2-10(21-14)11-7-13(23-22-11)15(18,19)20/h1-7H,(H,22,23). The Labute approximate surface area is 131 Å². The van der Waals surface area contributed by atoms with E-state index in [-0.39, 0.29) is 23.0 Å². The molecular formula is C15H8F5N3O. The molecule has 124 valence electrons. The quantitative estimate of drug-likeness (QED) is 0.711. The Morgan fingerprint density at radius 1 is 0.958 bits per heavy atom. The van der Waals surface area contributed by atoms with E-state index in [0.29, 0.717) is 6.07 Å². The largest absolute Gasteiger partial charge is 0.436 e. The molecule has 0 aliphatic carbocycles. The molecule has 1 aromatic carbocycles. The molecule has 3 rings (SSSR count). The SMILES string of the molecule is Fc1ccc(Oc2cccc(-c3cc(C(F)(F)F)[nH]n3)n2)c(F)c1. The van der Waals surface area contributed by atoms with Gasteiger partial charge in [0.15, 0.2) is 11.6 Å². The first-order valence-corrected chi connectivity index (χ1v) is 6.56. The van der Waals surface area contributed by atoms with Crippen LogP contribution >= 0.6 is 0 Å². The van der Waals surface area contributed by atoms with Crippen molar-refractivity contribution in [2.45, 2.75) is 6.18 Å². The molecular weight excluding hydrogens is 333 g/mol. The van der Waals surface area contributed by atoms with Crippen molar-refractivity contribution in [2.24, 2.45) is 0 Å². The van der Waals surface area contributed by atoms with Crippen LogP contribution in [-0.2, 0) is 6.18 Å². The summed E-state index contributed by atoms with van der Waals surface area (Å²) in [6, 6.07) is 7.78. The molecule has 2 aromatic heterocycles. The summed E-state index contributed by atoms with van der Waals surface area (Å²) in [5.74, 6) is -2.03. The lowest BCUT2D eigenvalue weighted by atomic mass is 10.2. The first-order valence-electron chi connectivity index (χ1n) is 6.56. The van der Waals surface area contributed by atoms with Gasteiger partial charge in [-0.2, -0.15) is 18.3 Å². The third kappa shape index (κ3) is 3.34. The van der Waals surface area contributed by atoms with Crippen molar-refractivity contribution in [3.05, 3.63) is 59.8 Å². The number of benzene rings is 1. The number of nitrogens with one attached hydrogen (secondary N) is 1. The molecule has 0 unspecified atom stereocenters. The monoisotopic (exact) mass is 341 g/mol. The minimum Gasteiger partial charge on any atom is -0.436 e. The lowest BCUT2D eigenvalue weighted by Crippen LogP contribution is -2.04. The van der Waals surface area contributed by atoms with Crippen molar-refractivity contribution in [1.29, 1.82) is 0 Å². The molecule has 2 heterocycles. The number of aromatic nitrogens is 3. The normalized spacial score (nSPS) is 11.5. The first-order chi connectivity index (χ1) is 11.3. The van der Waals surface area contributed by atoms with Crippen LogP contribution in [-0.4, -0.2) is 15.2 Å². The molecule has 0 amide bonds. The van der Waals surface area contributed by atoms with Crippen molar-refractivity contribution >= 4 is 0 Å². The molecule has 24 heavy (non-hydrogen) atoms. The van der Waals surface area contributed by atoms with Gasteiger partial charge < -0.3 is 4.74 Å². The van der Waals surface area contributed by atoms with Gasteiger partial charge in [0.25, 0.3) is 0 Å². The van der Waals surface area contributed by atoms with Crippen LogP contribution in [0.1, 0.15) is 5.69 Å². The predicted molar refractivity (Wildman–Crippen MR) is 73.3 cm³/mol. The Bertz CT molecular complexity index is 876. The number of rotatable bonds is 3. The van der Waals surface area contributed by atoms with Crippen molar-refractivity contribution < 1.29 is 26.7 Å². The van der Waals surface area contributed by atoms with E-state index >= 15 is 0 Å². The van der Waals surface area contributed by atoms with E-state index in [1.54, 1.807) is 0 Å². The molecule has 1 N–H and O–H groups in total. The van der Waals surface area contributed by atoms with Crippen LogP contribution in [0.4, 0.5) is 22.0 Å². The van der Waals surface area contributed by atoms with Gasteiger partial charge in [0.05, 0.1) is 5.69 Å². The lowest BCUT2D eigenvalue weighted by molar-refractivity contribution is -0.141. The number of pyridine rings is 1. The van der Waals surface area contributed by atoms with Crippen LogP contribution in [0.15, 0.2) is 42.5 Å². The highest BCUT2D eigenvalue weighted by Crippen LogP contribution is 2.31. The molecule has 0 fully saturated rings. The summed E-state index contributed by atoms with van der Waals surface area (Å²) in [6.45, 7) is 0. The van der Waals surface area contributed by atoms with E-state index in [1.165, 1.54) is 18.2 Å². The van der Waals surface area contributed by atoms with Gasteiger partial charge in [0.1, 0.15) is 17.2 Å². The Balaban J connectivity index is 1.88. The van der Waals surface area contributed by atoms with Crippen LogP contribution in [0.2, 0.25) is 0 Å². The topological polar surface area (TPSA) is 50.8 Å². The fourth-order valence-corrected chi connectivity index (χ4v) is 1.88. The molecule has 0 atom stereocenters. The predicted octanol–water partition coefficient (Wildman–Crippen LogP) is 4.56. The van der Waals surface area contributed by atoms with E-state index in [4.69, 9.17) is 4.74 Å². The second-order valence-electron chi connectivity index (χ2n) is 4.70. The molecule has 0 saturated heterocycles. The van der Waals surface area contributed by atoms with Crippen LogP contribution < -0.4 is 4.74 Å². The third-order valence-electron chi connectivity index (χ3n) is 2.98. The van der Waals surface area contributed by atoms with Gasteiger partial charge in [-0.3, -0.25) is 5.10 Å². The minimum absolute atomic E-state index is 0.0487. The summed E-state index contributed by atoms with van der Waals surface area (Å²) in [5.41, 5.74) is -0.968. The molecule has 0 bridgehead atoms. The Morgan fingerprint density at radius 3 is 2.42 bits per heavy atom. The third-order valence-corrected chi connectivity index (χ3v) is 2.98. The van der Waals surface area contributed by atoms with E-state index in [2.05, 4.69) is 10.1 Å². The molecule has 3 aromatic rings. The van der Waals surface area contributed by atoms with Gasteiger partial charge in [-0.05, 0) is 24.3 Å². The molecule has 0 spiro atoms. The molecule has 0 saturated carbocycles. The van der Waals surface area contributed by atoms with Crippen molar-refractivity contribution in [1.82, 2.24) is 15.2 Å². The molecule has 4 nitrogen and oxygen atoms in total. The van der Waals surface area contributed by atoms with Gasteiger partial charge in [0.2, 0.25) is 5.88 Å². The van der Waals surface area contributed by atoms with Gasteiger partial charge in [-0.1, -0.05) is 6.07 Å². The van der Waals surface area contributed by atoms with Crippen molar-refractivity contribution in [2.75, 3.05) is 0 Å². The highest BCUT2D eigenvalue weighted by atomic mass is 19.4. The van der Waals surface area contributed by atoms with E-state index in [0.717, 1.165) is 18.2 Å². The van der Waals surface area contributed by atoms with Gasteiger partial charge in [-0.25, -0.2) is 13.8 Å². The smallest absolute Gasteiger partial charge is 0.432 e. The number of H-pyrrole nitrogens is 1. The number of hydrogen-bond donors (Lipinski definition) is 1. The van der Waals surface area contributed by atoms with Crippen molar-refractivity contribution in [3.63, 3.8) is 0 Å². The fourth-order valence-electron chi connectivity index (χ4n) is 1.88. The maximum atomic E-state index is 13.6. The number of hydrogen-bond acceptors (Lipinski definition) is 3. The zero-order valence-corrected chi connectivity index (χ0v) is 11.7. The number of ether oxygens (including phenoxy) is 1. The van der Waals surface area contributed by atoms with Crippen molar-refractivity contribution in [3.8, 4) is 23.0 Å². The van der Waals surface area contributed by atoms with E-state index in [9.17, 15) is 22.0 Å². The van der Waals surface area contributed by atoms with Crippen LogP contribution in [0.5, 0.6) is 11.6 Å². The Morgan fingerprint density at radius 2 is 1.75 bits per heavy atom. The molecule has 0 aliphatic heterocycles. The second-order valence-corrected chi connectivity index (χ2v) is 4.70. The van der Waals surface area contributed by atoms with Gasteiger partial charge in [0, 0.05) is 12.1 Å². The second kappa shape index (κ2) is 5.91. The number of aromatic amines is 1. The van der Waals surface area contributed by atoms with E-state index in [1.807, 2.05) is 5.10 Å². The zero-order chi connectivity index (χ0) is 17.3. The van der Waals surface area contributed by atoms with Crippen LogP contribution in [0.25, 0.3) is 11.4 Å². The Kier molecular flexibility index (Phi) is 3.92. The molecule has 0 radical (unpaired) electrons. The summed E-state index contributed by atoms with van der Waals surface area (Å²) in [7, 11) is 0. The van der Waals surface area contributed by atoms with Gasteiger partial charge in [-0.15, -0.1) is 0 Å². The number of halogens is 5. The van der Waals surface area contributed by atoms with Crippen LogP contribution in [0.3, 0.4) is 0 Å². The zero-order valence-electron chi connectivity index (χ0n) is 11.7. The van der Waals surface area contributed by atoms with Gasteiger partial charge >= 0.3 is 6.18 Å². The molecule has 9 heteroatoms. The summed E-state index contributed by atoms with van der Waals surface area (Å²) in [6.07, 6.45) is -4.56. The maximum absolute atomic E-state index is 13.6. The highest BCUT2D eigenvalue weighted by Gasteiger charge is 2.33. The average Bonchev–Trinajstić information content (AvgIpc) is 3.01. The van der Waals surface area contributed by atoms with E-state index < -0.39 is 23.5 Å². The maximum Gasteiger partial charge on any atom is 0.432 e. The summed E-state index contributed by atoms with van der Waals surface area (Å²) in [4.78, 5) is 3.96. The molecule has 0 aliphatic rings. The fraction of sp³-hybridized carbons (Fsp3) is 0.0667. The highest BCUT2D eigenvalue weighted by molar-refractivity contribution is 5.55.